The van der Waals surface area contributed by atoms with Crippen LogP contribution in [0, 0.1) is 11.7 Å². The number of ether oxygens (including phenoxy) is 1. The highest BCUT2D eigenvalue weighted by Crippen LogP contribution is 2.26. The molecule has 2 atom stereocenters. The Balaban J connectivity index is 2.88. The lowest BCUT2D eigenvalue weighted by Gasteiger charge is -2.20. The van der Waals surface area contributed by atoms with Crippen molar-refractivity contribution in [3.05, 3.63) is 29.6 Å². The zero-order valence-electron chi connectivity index (χ0n) is 10.7. The molecule has 0 spiro atoms. The molecular weight excluding hydrogens is 219 g/mol. The van der Waals surface area contributed by atoms with Gasteiger partial charge in [-0.15, -0.1) is 0 Å². The van der Waals surface area contributed by atoms with Crippen molar-refractivity contribution in [1.82, 2.24) is 5.43 Å². The Kier molecular flexibility index (Phi) is 5.38. The lowest BCUT2D eigenvalue weighted by atomic mass is 9.94. The monoisotopic (exact) mass is 240 g/mol. The standard InChI is InChI=1S/C13H21FN2O/c1-4-9(2)7-12(16-15)10-5-6-11(14)13(8-10)17-3/h5-6,8-9,12,16H,4,7,15H2,1-3H3. The number of nitrogens with one attached hydrogen (secondary N) is 1. The second-order valence-corrected chi connectivity index (χ2v) is 4.36. The molecule has 1 rings (SSSR count). The molecule has 2 unspecified atom stereocenters. The third-order valence-electron chi connectivity index (χ3n) is 3.11. The van der Waals surface area contributed by atoms with E-state index in [1.807, 2.05) is 0 Å². The summed E-state index contributed by atoms with van der Waals surface area (Å²) in [5.74, 6) is 6.02. The number of halogens is 1. The number of hydrogen-bond donors (Lipinski definition) is 2. The van der Waals surface area contributed by atoms with Gasteiger partial charge >= 0.3 is 0 Å². The van der Waals surface area contributed by atoms with E-state index in [0.29, 0.717) is 5.92 Å². The molecule has 0 saturated carbocycles. The molecule has 3 N–H and O–H groups in total. The van der Waals surface area contributed by atoms with E-state index in [0.717, 1.165) is 18.4 Å². The first-order valence-electron chi connectivity index (χ1n) is 5.91. The third kappa shape index (κ3) is 3.68. The smallest absolute Gasteiger partial charge is 0.165 e. The van der Waals surface area contributed by atoms with E-state index in [1.165, 1.54) is 13.2 Å². The highest BCUT2D eigenvalue weighted by molar-refractivity contribution is 5.32. The van der Waals surface area contributed by atoms with Crippen LogP contribution in [0.15, 0.2) is 18.2 Å². The van der Waals surface area contributed by atoms with Crippen molar-refractivity contribution >= 4 is 0 Å². The van der Waals surface area contributed by atoms with E-state index in [4.69, 9.17) is 10.6 Å². The predicted octanol–water partition coefficient (Wildman–Crippen LogP) is 2.77. The number of hydrogen-bond acceptors (Lipinski definition) is 3. The molecular formula is C13H21FN2O. The normalized spacial score (nSPS) is 14.4. The molecule has 0 fully saturated rings. The van der Waals surface area contributed by atoms with Crippen LogP contribution in [-0.4, -0.2) is 7.11 Å². The maximum absolute atomic E-state index is 13.3. The summed E-state index contributed by atoms with van der Waals surface area (Å²) >= 11 is 0. The van der Waals surface area contributed by atoms with Crippen LogP contribution in [0.25, 0.3) is 0 Å². The molecule has 3 nitrogen and oxygen atoms in total. The Hall–Kier alpha value is -1.13. The van der Waals surface area contributed by atoms with Gasteiger partial charge in [-0.25, -0.2) is 4.39 Å². The van der Waals surface area contributed by atoms with Crippen molar-refractivity contribution in [3.8, 4) is 5.75 Å². The zero-order chi connectivity index (χ0) is 12.8. The fourth-order valence-corrected chi connectivity index (χ4v) is 1.76. The predicted molar refractivity (Wildman–Crippen MR) is 67.1 cm³/mol. The first-order valence-corrected chi connectivity index (χ1v) is 5.91. The summed E-state index contributed by atoms with van der Waals surface area (Å²) in [5.41, 5.74) is 3.73. The minimum absolute atomic E-state index is 0.0273. The molecule has 0 radical (unpaired) electrons. The molecule has 0 saturated heterocycles. The van der Waals surface area contributed by atoms with Crippen molar-refractivity contribution in [2.75, 3.05) is 7.11 Å². The van der Waals surface area contributed by atoms with E-state index in [9.17, 15) is 4.39 Å². The molecule has 96 valence electrons. The molecule has 0 aromatic heterocycles. The van der Waals surface area contributed by atoms with Crippen molar-refractivity contribution in [1.29, 1.82) is 0 Å². The number of benzene rings is 1. The molecule has 1 aromatic carbocycles. The molecule has 0 aliphatic heterocycles. The first kappa shape index (κ1) is 13.9. The van der Waals surface area contributed by atoms with Gasteiger partial charge in [-0.1, -0.05) is 26.3 Å². The van der Waals surface area contributed by atoms with Gasteiger partial charge in [0.25, 0.3) is 0 Å². The second kappa shape index (κ2) is 6.57. The van der Waals surface area contributed by atoms with Gasteiger partial charge in [-0.3, -0.25) is 11.3 Å². The first-order chi connectivity index (χ1) is 8.12. The van der Waals surface area contributed by atoms with Gasteiger partial charge < -0.3 is 4.74 Å². The van der Waals surface area contributed by atoms with E-state index in [-0.39, 0.29) is 17.6 Å². The molecule has 4 heteroatoms. The highest BCUT2D eigenvalue weighted by atomic mass is 19.1. The van der Waals surface area contributed by atoms with Gasteiger partial charge in [0.2, 0.25) is 0 Å². The molecule has 0 heterocycles. The number of methoxy groups -OCH3 is 1. The van der Waals surface area contributed by atoms with Gasteiger partial charge in [0.1, 0.15) is 0 Å². The minimum Gasteiger partial charge on any atom is -0.494 e. The van der Waals surface area contributed by atoms with Crippen molar-refractivity contribution in [2.24, 2.45) is 11.8 Å². The van der Waals surface area contributed by atoms with Crippen LogP contribution >= 0.6 is 0 Å². The van der Waals surface area contributed by atoms with Crippen molar-refractivity contribution < 1.29 is 9.13 Å². The molecule has 0 aliphatic carbocycles. The van der Waals surface area contributed by atoms with Gasteiger partial charge in [-0.05, 0) is 30.0 Å². The summed E-state index contributed by atoms with van der Waals surface area (Å²) in [4.78, 5) is 0. The zero-order valence-corrected chi connectivity index (χ0v) is 10.7. The number of rotatable bonds is 6. The largest absolute Gasteiger partial charge is 0.494 e. The van der Waals surface area contributed by atoms with E-state index >= 15 is 0 Å². The fraction of sp³-hybridized carbons (Fsp3) is 0.538. The van der Waals surface area contributed by atoms with Crippen LogP contribution in [0.2, 0.25) is 0 Å². The lowest BCUT2D eigenvalue weighted by Crippen LogP contribution is -2.29. The van der Waals surface area contributed by atoms with Crippen LogP contribution in [0.4, 0.5) is 4.39 Å². The van der Waals surface area contributed by atoms with Crippen molar-refractivity contribution in [3.63, 3.8) is 0 Å². The maximum atomic E-state index is 13.3. The van der Waals surface area contributed by atoms with E-state index in [2.05, 4.69) is 19.3 Å². The Morgan fingerprint density at radius 2 is 2.18 bits per heavy atom. The molecule has 17 heavy (non-hydrogen) atoms. The Bertz CT molecular complexity index is 357. The van der Waals surface area contributed by atoms with Crippen LogP contribution in [0.3, 0.4) is 0 Å². The molecule has 0 amide bonds. The topological polar surface area (TPSA) is 47.3 Å². The van der Waals surface area contributed by atoms with Gasteiger partial charge in [0.05, 0.1) is 7.11 Å². The average molecular weight is 240 g/mol. The van der Waals surface area contributed by atoms with Crippen LogP contribution in [0.5, 0.6) is 5.75 Å². The van der Waals surface area contributed by atoms with Crippen LogP contribution in [-0.2, 0) is 0 Å². The van der Waals surface area contributed by atoms with Crippen LogP contribution in [0.1, 0.15) is 38.3 Å². The number of hydrazine groups is 1. The van der Waals surface area contributed by atoms with Gasteiger partial charge in [-0.2, -0.15) is 0 Å². The average Bonchev–Trinajstić information content (AvgIpc) is 2.36. The lowest BCUT2D eigenvalue weighted by molar-refractivity contribution is 0.379. The van der Waals surface area contributed by atoms with Gasteiger partial charge in [0.15, 0.2) is 11.6 Å². The quantitative estimate of drug-likeness (QED) is 0.593. The summed E-state index contributed by atoms with van der Waals surface area (Å²) in [7, 11) is 1.46. The molecule has 0 bridgehead atoms. The third-order valence-corrected chi connectivity index (χ3v) is 3.11. The summed E-state index contributed by atoms with van der Waals surface area (Å²) in [6.45, 7) is 4.31. The minimum atomic E-state index is -0.351. The summed E-state index contributed by atoms with van der Waals surface area (Å²) < 4.78 is 18.3. The summed E-state index contributed by atoms with van der Waals surface area (Å²) in [6, 6.07) is 4.88. The maximum Gasteiger partial charge on any atom is 0.165 e. The highest BCUT2D eigenvalue weighted by Gasteiger charge is 2.15. The summed E-state index contributed by atoms with van der Waals surface area (Å²) in [5, 5.41) is 0. The van der Waals surface area contributed by atoms with Crippen LogP contribution < -0.4 is 16.0 Å². The Labute approximate surface area is 102 Å². The SMILES string of the molecule is CCC(C)CC(NN)c1ccc(F)c(OC)c1. The number of nitrogens with two attached hydrogens (primary N) is 1. The van der Waals surface area contributed by atoms with Crippen molar-refractivity contribution in [2.45, 2.75) is 32.7 Å². The summed E-state index contributed by atoms with van der Waals surface area (Å²) in [6.07, 6.45) is 2.01. The molecule has 1 aromatic rings. The van der Waals surface area contributed by atoms with E-state index < -0.39 is 0 Å². The van der Waals surface area contributed by atoms with Gasteiger partial charge in [0, 0.05) is 6.04 Å². The fourth-order valence-electron chi connectivity index (χ4n) is 1.76. The molecule has 0 aliphatic rings. The Morgan fingerprint density at radius 3 is 2.71 bits per heavy atom. The Morgan fingerprint density at radius 1 is 1.47 bits per heavy atom. The van der Waals surface area contributed by atoms with E-state index in [1.54, 1.807) is 12.1 Å². The second-order valence-electron chi connectivity index (χ2n) is 4.36.